The van der Waals surface area contributed by atoms with E-state index >= 15 is 0 Å². The van der Waals surface area contributed by atoms with Crippen LogP contribution in [0.25, 0.3) is 0 Å². The van der Waals surface area contributed by atoms with E-state index < -0.39 is 97.7 Å². The largest absolute Gasteiger partial charge is 0.502 e. The molecule has 0 aliphatic carbocycles. The van der Waals surface area contributed by atoms with Crippen LogP contribution in [0.1, 0.15) is 82.1 Å². The van der Waals surface area contributed by atoms with Crippen molar-refractivity contribution in [3.05, 3.63) is 36.5 Å². The van der Waals surface area contributed by atoms with Gasteiger partial charge in [-0.15, -0.1) is 0 Å². The second kappa shape index (κ2) is 31.6. The maximum absolute atomic E-state index is 13.3. The molecule has 0 rings (SSSR count). The molecule has 0 aromatic heterocycles. The van der Waals surface area contributed by atoms with Gasteiger partial charge in [0.1, 0.15) is 26.4 Å². The van der Waals surface area contributed by atoms with Crippen LogP contribution in [0.15, 0.2) is 36.5 Å². The Morgan fingerprint density at radius 2 is 0.873 bits per heavy atom. The molecule has 0 spiro atoms. The number of carbonyl (C=O) groups is 6. The smallest absolute Gasteiger partial charge is 0.461 e. The van der Waals surface area contributed by atoms with Gasteiger partial charge in [-0.05, 0) is 82.1 Å². The van der Waals surface area contributed by atoms with Gasteiger partial charge < -0.3 is 65.6 Å². The molecule has 362 valence electrons. The van der Waals surface area contributed by atoms with Crippen molar-refractivity contribution in [2.45, 2.75) is 106 Å². The normalized spacial score (nSPS) is 12.5. The summed E-state index contributed by atoms with van der Waals surface area (Å²) in [6.07, 6.45) is -4.05. The Morgan fingerprint density at radius 3 is 1.25 bits per heavy atom. The second-order valence-electron chi connectivity index (χ2n) is 14.3. The fraction of sp³-hybridized carbons (Fsp3) is 0.707. The number of ether oxygens (including phenoxy) is 6. The lowest BCUT2D eigenvalue weighted by molar-refractivity contribution is -0.159. The molecule has 0 radical (unpaired) electrons. The highest BCUT2D eigenvalue weighted by molar-refractivity contribution is 6.61. The fourth-order valence-electron chi connectivity index (χ4n) is 5.33. The van der Waals surface area contributed by atoms with Gasteiger partial charge in [-0.2, -0.15) is 0 Å². The average Bonchev–Trinajstić information content (AvgIpc) is 3.21. The summed E-state index contributed by atoms with van der Waals surface area (Å²) in [4.78, 5) is 76.1. The highest BCUT2D eigenvalue weighted by Gasteiger charge is 2.41. The molecule has 0 bridgehead atoms. The van der Waals surface area contributed by atoms with E-state index in [-0.39, 0.29) is 42.3 Å². The van der Waals surface area contributed by atoms with Gasteiger partial charge in [0, 0.05) is 81.5 Å². The van der Waals surface area contributed by atoms with Crippen molar-refractivity contribution < 1.29 is 83.7 Å². The van der Waals surface area contributed by atoms with Crippen molar-refractivity contribution in [3.63, 3.8) is 0 Å². The average molecular weight is 937 g/mol. The summed E-state index contributed by atoms with van der Waals surface area (Å²) in [6.45, 7) is 28.1. The van der Waals surface area contributed by atoms with Gasteiger partial charge >= 0.3 is 53.7 Å². The van der Waals surface area contributed by atoms with Crippen LogP contribution in [0, 0.1) is 5.41 Å². The summed E-state index contributed by atoms with van der Waals surface area (Å²) < 4.78 is 66.9. The van der Waals surface area contributed by atoms with Crippen LogP contribution >= 0.6 is 0 Å². The first kappa shape index (κ1) is 58.8. The molecule has 2 N–H and O–H groups in total. The maximum Gasteiger partial charge on any atom is 0.502 e. The Labute approximate surface area is 374 Å². The first-order valence-corrected chi connectivity index (χ1v) is 25.0. The zero-order chi connectivity index (χ0) is 48.1. The van der Waals surface area contributed by atoms with Crippen molar-refractivity contribution in [1.82, 2.24) is 10.6 Å². The van der Waals surface area contributed by atoms with Crippen LogP contribution in [0.2, 0.25) is 12.1 Å². The molecule has 0 saturated carbocycles. The van der Waals surface area contributed by atoms with Gasteiger partial charge in [0.15, 0.2) is 12.2 Å². The molecule has 0 fully saturated rings. The predicted octanol–water partition coefficient (Wildman–Crippen LogP) is 4.96. The standard InChI is InChI=1S/C41H72N2O18Si2/c1-14-54-62(55-15-2,56-16-3)23-20-21-42-39(48)61-34(27-51-36(45)31(9)10)29-53-38(47)41(12,13)25-32(11)37(46)52-28-33(26-50-35(44)30(7)8)60-40(49)43-22-24-63(57-17-4,58-18-5)59-19-6/h33-34H,7,9,11,14-29H2,1-6,8,10,12-13H3,(H,42,48)(H,43,49). The third-order valence-corrected chi connectivity index (χ3v) is 14.4. The minimum absolute atomic E-state index is 0.0621. The molecule has 22 heteroatoms. The van der Waals surface area contributed by atoms with Gasteiger partial charge in [-0.25, -0.2) is 24.0 Å². The Balaban J connectivity index is 5.55. The lowest BCUT2D eigenvalue weighted by Crippen LogP contribution is -2.48. The molecule has 0 aromatic carbocycles. The number of carbonyl (C=O) groups excluding carboxylic acids is 6. The van der Waals surface area contributed by atoms with Crippen molar-refractivity contribution in [3.8, 4) is 0 Å². The first-order valence-electron chi connectivity index (χ1n) is 21.1. The summed E-state index contributed by atoms with van der Waals surface area (Å²) in [7, 11) is -6.01. The van der Waals surface area contributed by atoms with Gasteiger partial charge in [0.2, 0.25) is 0 Å². The Hall–Kier alpha value is -4.17. The van der Waals surface area contributed by atoms with E-state index in [2.05, 4.69) is 30.4 Å². The van der Waals surface area contributed by atoms with Crippen LogP contribution in [0.3, 0.4) is 0 Å². The van der Waals surface area contributed by atoms with Crippen LogP contribution < -0.4 is 10.6 Å². The minimum atomic E-state index is -3.08. The molecular formula is C41H72N2O18Si2. The van der Waals surface area contributed by atoms with Gasteiger partial charge in [-0.3, -0.25) is 4.79 Å². The summed E-state index contributed by atoms with van der Waals surface area (Å²) in [6, 6.07) is 0.682. The van der Waals surface area contributed by atoms with E-state index in [4.69, 9.17) is 55.0 Å². The molecule has 0 aliphatic heterocycles. The molecule has 2 amide bonds. The third kappa shape index (κ3) is 24.5. The number of hydrogen-bond acceptors (Lipinski definition) is 18. The molecule has 63 heavy (non-hydrogen) atoms. The molecule has 0 saturated heterocycles. The summed E-state index contributed by atoms with van der Waals surface area (Å²) in [5.41, 5.74) is -1.32. The summed E-state index contributed by atoms with van der Waals surface area (Å²) in [5.74, 6) is -3.26. The number of esters is 4. The lowest BCUT2D eigenvalue weighted by Gasteiger charge is -2.28. The minimum Gasteiger partial charge on any atom is -0.461 e. The summed E-state index contributed by atoms with van der Waals surface area (Å²) in [5, 5.41) is 5.19. The van der Waals surface area contributed by atoms with Crippen molar-refractivity contribution in [1.29, 1.82) is 0 Å². The van der Waals surface area contributed by atoms with Crippen LogP contribution in [0.4, 0.5) is 9.59 Å². The number of nitrogens with one attached hydrogen (secondary N) is 2. The Bertz CT molecular complexity index is 1460. The zero-order valence-electron chi connectivity index (χ0n) is 38.9. The lowest BCUT2D eigenvalue weighted by atomic mass is 9.86. The highest BCUT2D eigenvalue weighted by Crippen LogP contribution is 2.27. The van der Waals surface area contributed by atoms with E-state index in [0.717, 1.165) is 0 Å². The first-order chi connectivity index (χ1) is 29.7. The van der Waals surface area contributed by atoms with Crippen LogP contribution in [0.5, 0.6) is 0 Å². The fourth-order valence-corrected chi connectivity index (χ4v) is 10.4. The van der Waals surface area contributed by atoms with Gasteiger partial charge in [-0.1, -0.05) is 19.7 Å². The van der Waals surface area contributed by atoms with Crippen molar-refractivity contribution in [2.24, 2.45) is 5.41 Å². The van der Waals surface area contributed by atoms with E-state index in [1.54, 1.807) is 20.8 Å². The van der Waals surface area contributed by atoms with Crippen LogP contribution in [-0.4, -0.2) is 145 Å². The zero-order valence-corrected chi connectivity index (χ0v) is 40.9. The SMILES string of the molecule is C=C(C)C(=O)OCC(COC(=O)C(=C)CC(C)(C)C(=O)OCC(COC(=O)C(=C)C)OC(=O)NCCC[Si](OCC)(OCC)OCC)OC(=O)NCC[Si](OCC)(OCC)OCC. The van der Waals surface area contributed by atoms with Crippen molar-refractivity contribution in [2.75, 3.05) is 79.2 Å². The van der Waals surface area contributed by atoms with E-state index in [0.29, 0.717) is 52.1 Å². The highest BCUT2D eigenvalue weighted by atomic mass is 28.4. The third-order valence-electron chi connectivity index (χ3n) is 8.16. The van der Waals surface area contributed by atoms with Gasteiger partial charge in [0.05, 0.1) is 5.41 Å². The molecule has 0 aromatic rings. The molecule has 2 atom stereocenters. The van der Waals surface area contributed by atoms with Crippen LogP contribution in [-0.2, 0) is 74.2 Å². The molecule has 0 aliphatic rings. The monoisotopic (exact) mass is 936 g/mol. The topological polar surface area (TPSA) is 237 Å². The number of amides is 2. The maximum atomic E-state index is 13.3. The predicted molar refractivity (Wildman–Crippen MR) is 233 cm³/mol. The molecular weight excluding hydrogens is 865 g/mol. The number of rotatable bonds is 35. The van der Waals surface area contributed by atoms with Gasteiger partial charge in [0.25, 0.3) is 0 Å². The Kier molecular flexibility index (Phi) is 29.6. The quantitative estimate of drug-likeness (QED) is 0.0281. The Morgan fingerprint density at radius 1 is 0.524 bits per heavy atom. The van der Waals surface area contributed by atoms with E-state index in [1.165, 1.54) is 27.7 Å². The molecule has 2 unspecified atom stereocenters. The summed E-state index contributed by atoms with van der Waals surface area (Å²) >= 11 is 0. The van der Waals surface area contributed by atoms with Crippen molar-refractivity contribution >= 4 is 53.7 Å². The number of hydrogen-bond donors (Lipinski definition) is 2. The second-order valence-corrected chi connectivity index (χ2v) is 19.8. The molecule has 0 heterocycles. The van der Waals surface area contributed by atoms with E-state index in [1.807, 2.05) is 20.8 Å². The van der Waals surface area contributed by atoms with E-state index in [9.17, 15) is 28.8 Å². The number of alkyl carbamates (subject to hydrolysis) is 2. The molecule has 20 nitrogen and oxygen atoms in total.